The minimum absolute atomic E-state index is 0.250. The van der Waals surface area contributed by atoms with E-state index in [0.717, 1.165) is 64.2 Å². The standard InChI is InChI=1S/C58H109NO18/c1-3-5-7-9-11-13-15-17-19-20-22-23-25-27-29-31-33-35-42(63)41(59-46(64)36-34-32-30-28-26-24-21-18-16-14-12-10-8-6-4-2)40-72-56-52(70)49(67)54(44(38-61)74-56)77-58-53(71)50(68)55(45(39-62)75-58)76-57-51(69)48(66)47(65)43(37-60)73-57/h18,21,41-45,47-58,60-63,65-71H,3-17,19-20,22-40H2,1-2H3,(H,59,64)/b21-18-. The van der Waals surface area contributed by atoms with Crippen LogP contribution in [-0.2, 0) is 33.2 Å². The largest absolute Gasteiger partial charge is 0.394 e. The molecule has 0 bridgehead atoms. The average Bonchev–Trinajstić information content (AvgIpc) is 3.43. The minimum Gasteiger partial charge on any atom is -0.394 e. The lowest BCUT2D eigenvalue weighted by Gasteiger charge is -2.48. The van der Waals surface area contributed by atoms with Gasteiger partial charge < -0.3 is 89.9 Å². The fraction of sp³-hybridized carbons (Fsp3) is 0.948. The molecule has 12 N–H and O–H groups in total. The van der Waals surface area contributed by atoms with Crippen LogP contribution in [0.2, 0.25) is 0 Å². The second-order valence-electron chi connectivity index (χ2n) is 22.2. The maximum absolute atomic E-state index is 13.3. The van der Waals surface area contributed by atoms with Crippen LogP contribution < -0.4 is 5.32 Å². The predicted molar refractivity (Wildman–Crippen MR) is 291 cm³/mol. The first-order valence-corrected chi connectivity index (χ1v) is 30.4. The highest BCUT2D eigenvalue weighted by Crippen LogP contribution is 2.33. The van der Waals surface area contributed by atoms with Crippen molar-refractivity contribution in [2.75, 3.05) is 26.4 Å². The first-order chi connectivity index (χ1) is 37.3. The van der Waals surface area contributed by atoms with Crippen molar-refractivity contribution in [3.05, 3.63) is 12.2 Å². The summed E-state index contributed by atoms with van der Waals surface area (Å²) in [5.41, 5.74) is 0. The summed E-state index contributed by atoms with van der Waals surface area (Å²) < 4.78 is 34.3. The third-order valence-corrected chi connectivity index (χ3v) is 15.6. The van der Waals surface area contributed by atoms with E-state index in [-0.39, 0.29) is 18.9 Å². The summed E-state index contributed by atoms with van der Waals surface area (Å²) in [5, 5.41) is 120. The first-order valence-electron chi connectivity index (χ1n) is 30.4. The molecule has 77 heavy (non-hydrogen) atoms. The van der Waals surface area contributed by atoms with Gasteiger partial charge in [-0.15, -0.1) is 0 Å². The molecule has 0 aromatic carbocycles. The molecule has 1 amide bonds. The molecular formula is C58H109NO18. The van der Waals surface area contributed by atoms with Crippen molar-refractivity contribution in [1.82, 2.24) is 5.32 Å². The normalized spacial score (nSPS) is 30.7. The van der Waals surface area contributed by atoms with Crippen molar-refractivity contribution in [3.63, 3.8) is 0 Å². The van der Waals surface area contributed by atoms with Gasteiger partial charge in [-0.3, -0.25) is 4.79 Å². The van der Waals surface area contributed by atoms with E-state index < -0.39 is 124 Å². The lowest BCUT2D eigenvalue weighted by atomic mass is 9.96. The van der Waals surface area contributed by atoms with Crippen LogP contribution in [0.3, 0.4) is 0 Å². The topological polar surface area (TPSA) is 307 Å². The number of carbonyl (C=O) groups excluding carboxylic acids is 1. The highest BCUT2D eigenvalue weighted by atomic mass is 16.8. The Morgan fingerprint density at radius 1 is 0.455 bits per heavy atom. The van der Waals surface area contributed by atoms with Crippen molar-refractivity contribution < 1.29 is 89.4 Å². The summed E-state index contributed by atoms with van der Waals surface area (Å²) in [7, 11) is 0. The molecule has 0 saturated carbocycles. The molecule has 3 rings (SSSR count). The van der Waals surface area contributed by atoms with Crippen LogP contribution in [0.1, 0.15) is 219 Å². The summed E-state index contributed by atoms with van der Waals surface area (Å²) in [4.78, 5) is 13.3. The van der Waals surface area contributed by atoms with Gasteiger partial charge in [0.05, 0.1) is 38.6 Å². The Bertz CT molecular complexity index is 1460. The van der Waals surface area contributed by atoms with E-state index in [0.29, 0.717) is 12.8 Å². The van der Waals surface area contributed by atoms with E-state index in [2.05, 4.69) is 31.3 Å². The van der Waals surface area contributed by atoms with E-state index >= 15 is 0 Å². The zero-order valence-corrected chi connectivity index (χ0v) is 47.2. The van der Waals surface area contributed by atoms with E-state index in [4.69, 9.17) is 28.4 Å². The van der Waals surface area contributed by atoms with Crippen molar-refractivity contribution in [3.8, 4) is 0 Å². The Labute approximate surface area is 461 Å². The number of unbranched alkanes of at least 4 members (excludes halogenated alkanes) is 27. The second-order valence-corrected chi connectivity index (χ2v) is 22.2. The van der Waals surface area contributed by atoms with Gasteiger partial charge in [0.1, 0.15) is 73.2 Å². The molecule has 0 radical (unpaired) electrons. The number of hydrogen-bond donors (Lipinski definition) is 12. The maximum Gasteiger partial charge on any atom is 0.220 e. The third-order valence-electron chi connectivity index (χ3n) is 15.6. The number of aliphatic hydroxyl groups is 11. The zero-order valence-electron chi connectivity index (χ0n) is 47.2. The molecule has 3 aliphatic rings. The van der Waals surface area contributed by atoms with Crippen molar-refractivity contribution in [1.29, 1.82) is 0 Å². The molecule has 3 saturated heterocycles. The summed E-state index contributed by atoms with van der Waals surface area (Å²) in [6, 6.07) is -0.887. The Kier molecular flexibility index (Phi) is 38.4. The van der Waals surface area contributed by atoms with Crippen LogP contribution in [0.25, 0.3) is 0 Å². The van der Waals surface area contributed by atoms with Gasteiger partial charge in [-0.2, -0.15) is 0 Å². The Balaban J connectivity index is 1.50. The fourth-order valence-electron chi connectivity index (χ4n) is 10.5. The van der Waals surface area contributed by atoms with Crippen molar-refractivity contribution >= 4 is 5.91 Å². The van der Waals surface area contributed by atoms with Gasteiger partial charge in [0.15, 0.2) is 18.9 Å². The third kappa shape index (κ3) is 26.5. The molecule has 19 nitrogen and oxygen atoms in total. The molecule has 19 heteroatoms. The van der Waals surface area contributed by atoms with Crippen LogP contribution in [0.15, 0.2) is 12.2 Å². The maximum atomic E-state index is 13.3. The lowest BCUT2D eigenvalue weighted by molar-refractivity contribution is -0.379. The Morgan fingerprint density at radius 2 is 0.818 bits per heavy atom. The van der Waals surface area contributed by atoms with E-state index in [9.17, 15) is 61.0 Å². The summed E-state index contributed by atoms with van der Waals surface area (Å²) in [6.07, 6.45) is 14.3. The van der Waals surface area contributed by atoms with Gasteiger partial charge in [-0.05, 0) is 38.5 Å². The van der Waals surface area contributed by atoms with Crippen molar-refractivity contribution in [2.24, 2.45) is 0 Å². The van der Waals surface area contributed by atoms with Crippen LogP contribution in [-0.4, -0.2) is 193 Å². The number of ether oxygens (including phenoxy) is 6. The van der Waals surface area contributed by atoms with Crippen LogP contribution in [0.4, 0.5) is 0 Å². The van der Waals surface area contributed by atoms with Crippen LogP contribution in [0, 0.1) is 0 Å². The molecule has 3 fully saturated rings. The van der Waals surface area contributed by atoms with E-state index in [1.807, 2.05) is 0 Å². The van der Waals surface area contributed by atoms with Crippen LogP contribution in [0.5, 0.6) is 0 Å². The SMILES string of the molecule is CCCCCCCC/C=C\CCCCCCCC(=O)NC(COC1OC(CO)C(OC2OC(CO)C(OC3OC(CO)C(O)C(O)C3O)C(O)C2O)C(O)C1O)C(O)CCCCCCCCCCCCCCCCCCC. The monoisotopic (exact) mass is 1110 g/mol. The molecule has 0 aliphatic carbocycles. The molecule has 17 atom stereocenters. The number of aliphatic hydroxyl groups excluding tert-OH is 11. The number of carbonyl (C=O) groups is 1. The Morgan fingerprint density at radius 3 is 1.26 bits per heavy atom. The van der Waals surface area contributed by atoms with Gasteiger partial charge >= 0.3 is 0 Å². The number of hydrogen-bond acceptors (Lipinski definition) is 18. The molecular weight excluding hydrogens is 999 g/mol. The predicted octanol–water partition coefficient (Wildman–Crippen LogP) is 5.38. The van der Waals surface area contributed by atoms with Crippen molar-refractivity contribution in [2.45, 2.75) is 324 Å². The van der Waals surface area contributed by atoms with Gasteiger partial charge in [0.2, 0.25) is 5.91 Å². The summed E-state index contributed by atoms with van der Waals surface area (Å²) >= 11 is 0. The fourth-order valence-corrected chi connectivity index (χ4v) is 10.5. The molecule has 0 aromatic heterocycles. The number of allylic oxidation sites excluding steroid dienone is 2. The molecule has 0 aromatic rings. The highest BCUT2D eigenvalue weighted by molar-refractivity contribution is 5.76. The number of amides is 1. The first kappa shape index (κ1) is 69.8. The lowest BCUT2D eigenvalue weighted by Crippen LogP contribution is -2.66. The van der Waals surface area contributed by atoms with Gasteiger partial charge in [0.25, 0.3) is 0 Å². The molecule has 454 valence electrons. The summed E-state index contributed by atoms with van der Waals surface area (Å²) in [5.74, 6) is -0.250. The smallest absolute Gasteiger partial charge is 0.220 e. The van der Waals surface area contributed by atoms with Gasteiger partial charge in [-0.1, -0.05) is 187 Å². The summed E-state index contributed by atoms with van der Waals surface area (Å²) in [6.45, 7) is 1.78. The molecule has 17 unspecified atom stereocenters. The number of nitrogens with one attached hydrogen (secondary N) is 1. The molecule has 3 heterocycles. The minimum atomic E-state index is -1.97. The van der Waals surface area contributed by atoms with Crippen LogP contribution >= 0.6 is 0 Å². The van der Waals surface area contributed by atoms with Gasteiger partial charge in [0, 0.05) is 6.42 Å². The highest BCUT2D eigenvalue weighted by Gasteiger charge is 2.53. The molecule has 3 aliphatic heterocycles. The average molecular weight is 1110 g/mol. The van der Waals surface area contributed by atoms with E-state index in [1.54, 1.807) is 0 Å². The number of rotatable bonds is 45. The molecule has 0 spiro atoms. The Hall–Kier alpha value is -1.47. The zero-order chi connectivity index (χ0) is 56.2. The second kappa shape index (κ2) is 42.4. The quantitative estimate of drug-likeness (QED) is 0.0269. The van der Waals surface area contributed by atoms with E-state index in [1.165, 1.54) is 122 Å². The van der Waals surface area contributed by atoms with Gasteiger partial charge in [-0.25, -0.2) is 0 Å².